The van der Waals surface area contributed by atoms with Gasteiger partial charge in [0.25, 0.3) is 0 Å². The number of rotatable bonds is 4. The van der Waals surface area contributed by atoms with E-state index in [9.17, 15) is 9.90 Å². The van der Waals surface area contributed by atoms with Crippen LogP contribution in [0.2, 0.25) is 0 Å². The lowest BCUT2D eigenvalue weighted by molar-refractivity contribution is -0.154. The number of aromatic nitrogens is 1. The SMILES string of the molecule is COC(=O)C(O)C1CCN(Cc2ccncc2)CC1. The Bertz CT molecular complexity index is 402. The van der Waals surface area contributed by atoms with Gasteiger partial charge in [-0.05, 0) is 49.5 Å². The van der Waals surface area contributed by atoms with E-state index in [4.69, 9.17) is 0 Å². The predicted octanol–water partition coefficient (Wildman–Crippen LogP) is 0.827. The molecule has 1 unspecified atom stereocenters. The molecule has 0 aliphatic carbocycles. The Morgan fingerprint density at radius 1 is 1.47 bits per heavy atom. The van der Waals surface area contributed by atoms with Crippen LogP contribution in [0.25, 0.3) is 0 Å². The minimum Gasteiger partial charge on any atom is -0.467 e. The Morgan fingerprint density at radius 2 is 2.11 bits per heavy atom. The maximum atomic E-state index is 11.3. The summed E-state index contributed by atoms with van der Waals surface area (Å²) in [7, 11) is 1.31. The number of carbonyl (C=O) groups excluding carboxylic acids is 1. The molecule has 0 aromatic carbocycles. The predicted molar refractivity (Wildman–Crippen MR) is 70.3 cm³/mol. The molecule has 5 nitrogen and oxygen atoms in total. The molecule has 0 bridgehead atoms. The van der Waals surface area contributed by atoms with Gasteiger partial charge in [0, 0.05) is 18.9 Å². The molecule has 1 N–H and O–H groups in total. The van der Waals surface area contributed by atoms with E-state index in [0.29, 0.717) is 0 Å². The van der Waals surface area contributed by atoms with Gasteiger partial charge in [-0.3, -0.25) is 9.88 Å². The first-order valence-electron chi connectivity index (χ1n) is 6.58. The molecule has 2 rings (SSSR count). The van der Waals surface area contributed by atoms with Crippen molar-refractivity contribution in [2.45, 2.75) is 25.5 Å². The summed E-state index contributed by atoms with van der Waals surface area (Å²) in [5, 5.41) is 9.82. The van der Waals surface area contributed by atoms with Crippen LogP contribution >= 0.6 is 0 Å². The molecule has 0 radical (unpaired) electrons. The van der Waals surface area contributed by atoms with Crippen LogP contribution in [0.4, 0.5) is 0 Å². The third kappa shape index (κ3) is 3.75. The van der Waals surface area contributed by atoms with Gasteiger partial charge in [0.2, 0.25) is 0 Å². The number of aliphatic hydroxyl groups is 1. The van der Waals surface area contributed by atoms with Crippen molar-refractivity contribution in [2.24, 2.45) is 5.92 Å². The van der Waals surface area contributed by atoms with Gasteiger partial charge in [-0.15, -0.1) is 0 Å². The van der Waals surface area contributed by atoms with Crippen LogP contribution in [-0.2, 0) is 16.1 Å². The topological polar surface area (TPSA) is 62.7 Å². The van der Waals surface area contributed by atoms with Crippen LogP contribution < -0.4 is 0 Å². The number of esters is 1. The number of nitrogens with zero attached hydrogens (tertiary/aromatic N) is 2. The smallest absolute Gasteiger partial charge is 0.334 e. The average Bonchev–Trinajstić information content (AvgIpc) is 2.47. The van der Waals surface area contributed by atoms with E-state index in [1.807, 2.05) is 12.1 Å². The normalized spacial score (nSPS) is 19.1. The van der Waals surface area contributed by atoms with Crippen LogP contribution in [0.3, 0.4) is 0 Å². The zero-order valence-electron chi connectivity index (χ0n) is 11.2. The zero-order chi connectivity index (χ0) is 13.7. The molecule has 0 spiro atoms. The van der Waals surface area contributed by atoms with Crippen molar-refractivity contribution in [3.8, 4) is 0 Å². The van der Waals surface area contributed by atoms with Crippen LogP contribution in [0.1, 0.15) is 18.4 Å². The Labute approximate surface area is 113 Å². The lowest BCUT2D eigenvalue weighted by atomic mass is 9.91. The van der Waals surface area contributed by atoms with Crippen LogP contribution in [0, 0.1) is 5.92 Å². The van der Waals surface area contributed by atoms with E-state index in [0.717, 1.165) is 32.5 Å². The van der Waals surface area contributed by atoms with Gasteiger partial charge in [0.05, 0.1) is 7.11 Å². The monoisotopic (exact) mass is 264 g/mol. The average molecular weight is 264 g/mol. The van der Waals surface area contributed by atoms with Gasteiger partial charge in [0.1, 0.15) is 0 Å². The van der Waals surface area contributed by atoms with Crippen molar-refractivity contribution in [1.82, 2.24) is 9.88 Å². The second-order valence-corrected chi connectivity index (χ2v) is 4.94. The third-order valence-electron chi connectivity index (χ3n) is 3.68. The molecule has 0 saturated carbocycles. The summed E-state index contributed by atoms with van der Waals surface area (Å²) in [6.07, 6.45) is 4.25. The number of methoxy groups -OCH3 is 1. The molecule has 0 amide bonds. The van der Waals surface area contributed by atoms with E-state index in [-0.39, 0.29) is 5.92 Å². The van der Waals surface area contributed by atoms with Crippen molar-refractivity contribution < 1.29 is 14.6 Å². The van der Waals surface area contributed by atoms with Gasteiger partial charge in [-0.25, -0.2) is 4.79 Å². The molecule has 19 heavy (non-hydrogen) atoms. The number of carbonyl (C=O) groups is 1. The van der Waals surface area contributed by atoms with Gasteiger partial charge < -0.3 is 9.84 Å². The highest BCUT2D eigenvalue weighted by molar-refractivity contribution is 5.74. The number of hydrogen-bond acceptors (Lipinski definition) is 5. The highest BCUT2D eigenvalue weighted by atomic mass is 16.5. The first kappa shape index (κ1) is 14.0. The molecule has 1 fully saturated rings. The highest BCUT2D eigenvalue weighted by Gasteiger charge is 2.30. The summed E-state index contributed by atoms with van der Waals surface area (Å²) < 4.78 is 4.58. The van der Waals surface area contributed by atoms with Crippen molar-refractivity contribution >= 4 is 5.97 Å². The summed E-state index contributed by atoms with van der Waals surface area (Å²) in [6.45, 7) is 2.67. The van der Waals surface area contributed by atoms with E-state index in [2.05, 4.69) is 14.6 Å². The number of aliphatic hydroxyl groups excluding tert-OH is 1. The molecule has 104 valence electrons. The fourth-order valence-corrected chi connectivity index (χ4v) is 2.49. The van der Waals surface area contributed by atoms with Crippen LogP contribution in [-0.4, -0.2) is 47.3 Å². The maximum absolute atomic E-state index is 11.3. The second kappa shape index (κ2) is 6.63. The van der Waals surface area contributed by atoms with Crippen molar-refractivity contribution in [2.75, 3.05) is 20.2 Å². The quantitative estimate of drug-likeness (QED) is 0.816. The van der Waals surface area contributed by atoms with Crippen LogP contribution in [0.15, 0.2) is 24.5 Å². The Kier molecular flexibility index (Phi) is 4.87. The minimum atomic E-state index is -0.979. The van der Waals surface area contributed by atoms with Gasteiger partial charge in [-0.1, -0.05) is 0 Å². The number of likely N-dealkylation sites (tertiary alicyclic amines) is 1. The number of ether oxygens (including phenoxy) is 1. The number of hydrogen-bond donors (Lipinski definition) is 1. The molecule has 2 heterocycles. The molecule has 1 aliphatic rings. The van der Waals surface area contributed by atoms with Gasteiger partial charge in [-0.2, -0.15) is 0 Å². The molecule has 1 aromatic rings. The van der Waals surface area contributed by atoms with E-state index in [1.54, 1.807) is 12.4 Å². The molecular weight excluding hydrogens is 244 g/mol. The molecule has 1 atom stereocenters. The Balaban J connectivity index is 1.81. The first-order valence-corrected chi connectivity index (χ1v) is 6.58. The van der Waals surface area contributed by atoms with E-state index in [1.165, 1.54) is 12.7 Å². The molecule has 1 saturated heterocycles. The minimum absolute atomic E-state index is 0.0149. The molecular formula is C14H20N2O3. The largest absolute Gasteiger partial charge is 0.467 e. The fourth-order valence-electron chi connectivity index (χ4n) is 2.49. The standard InChI is InChI=1S/C14H20N2O3/c1-19-14(18)13(17)12-4-8-16(9-5-12)10-11-2-6-15-7-3-11/h2-3,6-7,12-13,17H,4-5,8-10H2,1H3. The summed E-state index contributed by atoms with van der Waals surface area (Å²) in [5.41, 5.74) is 1.24. The number of piperidine rings is 1. The van der Waals surface area contributed by atoms with Crippen LogP contribution in [0.5, 0.6) is 0 Å². The maximum Gasteiger partial charge on any atom is 0.334 e. The molecule has 5 heteroatoms. The Hall–Kier alpha value is -1.46. The lowest BCUT2D eigenvalue weighted by Gasteiger charge is -2.33. The Morgan fingerprint density at radius 3 is 2.68 bits per heavy atom. The van der Waals surface area contributed by atoms with Gasteiger partial charge >= 0.3 is 5.97 Å². The third-order valence-corrected chi connectivity index (χ3v) is 3.68. The molecule has 1 aliphatic heterocycles. The van der Waals surface area contributed by atoms with E-state index < -0.39 is 12.1 Å². The van der Waals surface area contributed by atoms with E-state index >= 15 is 0 Å². The number of pyridine rings is 1. The summed E-state index contributed by atoms with van der Waals surface area (Å²) in [5.74, 6) is -0.506. The zero-order valence-corrected chi connectivity index (χ0v) is 11.2. The lowest BCUT2D eigenvalue weighted by Crippen LogP contribution is -2.40. The highest BCUT2D eigenvalue weighted by Crippen LogP contribution is 2.22. The van der Waals surface area contributed by atoms with Crippen molar-refractivity contribution in [3.05, 3.63) is 30.1 Å². The second-order valence-electron chi connectivity index (χ2n) is 4.94. The summed E-state index contributed by atoms with van der Waals surface area (Å²) in [4.78, 5) is 17.6. The van der Waals surface area contributed by atoms with Crippen molar-refractivity contribution in [1.29, 1.82) is 0 Å². The molecule has 1 aromatic heterocycles. The fraction of sp³-hybridized carbons (Fsp3) is 0.571. The summed E-state index contributed by atoms with van der Waals surface area (Å²) in [6, 6.07) is 4.02. The summed E-state index contributed by atoms with van der Waals surface area (Å²) >= 11 is 0. The van der Waals surface area contributed by atoms with Gasteiger partial charge in [0.15, 0.2) is 6.10 Å². The first-order chi connectivity index (χ1) is 9.20. The van der Waals surface area contributed by atoms with Crippen molar-refractivity contribution in [3.63, 3.8) is 0 Å².